The fourth-order valence-electron chi connectivity index (χ4n) is 1.34. The van der Waals surface area contributed by atoms with E-state index in [9.17, 15) is 18.3 Å². The minimum Gasteiger partial charge on any atom is -0.394 e. The molecule has 2 atom stereocenters. The summed E-state index contributed by atoms with van der Waals surface area (Å²) in [6, 6.07) is 2.79. The Bertz CT molecular complexity index is 395. The zero-order valence-electron chi connectivity index (χ0n) is 8.45. The van der Waals surface area contributed by atoms with Crippen LogP contribution in [0.3, 0.4) is 0 Å². The van der Waals surface area contributed by atoms with E-state index in [4.69, 9.17) is 21.8 Å². The first-order valence-electron chi connectivity index (χ1n) is 4.61. The minimum absolute atomic E-state index is 0.133. The van der Waals surface area contributed by atoms with Crippen molar-refractivity contribution >= 4 is 11.6 Å². The van der Waals surface area contributed by atoms with Crippen LogP contribution >= 0.6 is 11.6 Å². The minimum atomic E-state index is -4.70. The van der Waals surface area contributed by atoms with E-state index < -0.39 is 36.1 Å². The Balaban J connectivity index is 3.24. The molecule has 0 aromatic heterocycles. The highest BCUT2D eigenvalue weighted by Crippen LogP contribution is 2.36. The van der Waals surface area contributed by atoms with Gasteiger partial charge in [-0.25, -0.2) is 0 Å². The maximum absolute atomic E-state index is 12.6. The van der Waals surface area contributed by atoms with E-state index in [1.165, 1.54) is 6.07 Å². The van der Waals surface area contributed by atoms with Crippen LogP contribution < -0.4 is 0 Å². The van der Waals surface area contributed by atoms with Gasteiger partial charge in [0.05, 0.1) is 12.2 Å². The van der Waals surface area contributed by atoms with E-state index in [-0.39, 0.29) is 5.02 Å². The fraction of sp³-hybridized carbons (Fsp3) is 0.400. The van der Waals surface area contributed by atoms with Gasteiger partial charge in [0.1, 0.15) is 12.2 Å². The third-order valence-corrected chi connectivity index (χ3v) is 2.43. The first-order chi connectivity index (χ1) is 7.77. The van der Waals surface area contributed by atoms with Gasteiger partial charge in [-0.15, -0.1) is 0 Å². The van der Waals surface area contributed by atoms with Crippen molar-refractivity contribution in [1.82, 2.24) is 0 Å². The smallest absolute Gasteiger partial charge is 0.394 e. The average Bonchev–Trinajstić information content (AvgIpc) is 2.25. The van der Waals surface area contributed by atoms with E-state index in [0.29, 0.717) is 6.07 Å². The molecule has 0 heterocycles. The van der Waals surface area contributed by atoms with Gasteiger partial charge in [-0.05, 0) is 17.7 Å². The molecule has 2 unspecified atom stereocenters. The monoisotopic (exact) mass is 270 g/mol. The second kappa shape index (κ2) is 5.22. The summed E-state index contributed by atoms with van der Waals surface area (Å²) in [5.74, 6) is 0. The molecule has 0 aliphatic rings. The van der Waals surface area contributed by atoms with E-state index in [1.807, 2.05) is 0 Å². The first-order valence-corrected chi connectivity index (χ1v) is 4.98. The summed E-state index contributed by atoms with van der Waals surface area (Å²) in [7, 11) is 0. The summed E-state index contributed by atoms with van der Waals surface area (Å²) in [6.45, 7) is -0.846. The summed E-state index contributed by atoms with van der Waals surface area (Å²) in [4.78, 5) is 0. The van der Waals surface area contributed by atoms with Crippen LogP contribution in [-0.2, 0) is 6.18 Å². The SMILES string of the molecule is OCC(O)C(O)c1ccc(Cl)cc1C(F)(F)F. The topological polar surface area (TPSA) is 60.7 Å². The van der Waals surface area contributed by atoms with Gasteiger partial charge in [0.25, 0.3) is 0 Å². The predicted molar refractivity (Wildman–Crippen MR) is 54.5 cm³/mol. The van der Waals surface area contributed by atoms with E-state index >= 15 is 0 Å². The molecule has 0 fully saturated rings. The lowest BCUT2D eigenvalue weighted by atomic mass is 9.98. The van der Waals surface area contributed by atoms with Gasteiger partial charge in [-0.1, -0.05) is 17.7 Å². The predicted octanol–water partition coefficient (Wildman–Crippen LogP) is 1.75. The molecule has 1 aromatic carbocycles. The first kappa shape index (κ1) is 14.2. The second-order valence-corrected chi connectivity index (χ2v) is 3.86. The summed E-state index contributed by atoms with van der Waals surface area (Å²) in [5.41, 5.74) is -1.66. The summed E-state index contributed by atoms with van der Waals surface area (Å²) in [5, 5.41) is 27.1. The molecule has 0 aliphatic heterocycles. The van der Waals surface area contributed by atoms with Gasteiger partial charge in [0.2, 0.25) is 0 Å². The van der Waals surface area contributed by atoms with Crippen molar-refractivity contribution < 1.29 is 28.5 Å². The Labute approximate surface area is 100 Å². The Hall–Kier alpha value is -0.820. The van der Waals surface area contributed by atoms with Crippen LogP contribution in [0, 0.1) is 0 Å². The summed E-state index contributed by atoms with van der Waals surface area (Å²) in [6.07, 6.45) is -8.21. The number of aliphatic hydroxyl groups is 3. The van der Waals surface area contributed by atoms with Gasteiger partial charge in [0.15, 0.2) is 0 Å². The molecule has 1 aromatic rings. The molecule has 0 radical (unpaired) electrons. The van der Waals surface area contributed by atoms with Crippen molar-refractivity contribution in [2.45, 2.75) is 18.4 Å². The highest BCUT2D eigenvalue weighted by Gasteiger charge is 2.36. The lowest BCUT2D eigenvalue weighted by molar-refractivity contribution is -0.140. The average molecular weight is 271 g/mol. The van der Waals surface area contributed by atoms with Crippen LogP contribution in [0.5, 0.6) is 0 Å². The zero-order chi connectivity index (χ0) is 13.2. The van der Waals surface area contributed by atoms with Crippen LogP contribution in [0.2, 0.25) is 5.02 Å². The summed E-state index contributed by atoms with van der Waals surface area (Å²) < 4.78 is 37.9. The molecule has 17 heavy (non-hydrogen) atoms. The summed E-state index contributed by atoms with van der Waals surface area (Å²) >= 11 is 5.45. The van der Waals surface area contributed by atoms with Crippen LogP contribution in [0.4, 0.5) is 13.2 Å². The number of hydrogen-bond donors (Lipinski definition) is 3. The van der Waals surface area contributed by atoms with Crippen molar-refractivity contribution in [3.63, 3.8) is 0 Å². The molecular formula is C10H10ClF3O3. The molecule has 0 bridgehead atoms. The lowest BCUT2D eigenvalue weighted by Gasteiger charge is -2.20. The molecule has 3 N–H and O–H groups in total. The van der Waals surface area contributed by atoms with Gasteiger partial charge in [-0.3, -0.25) is 0 Å². The number of halogens is 4. The number of rotatable bonds is 3. The van der Waals surface area contributed by atoms with E-state index in [2.05, 4.69) is 0 Å². The number of alkyl halides is 3. The van der Waals surface area contributed by atoms with Gasteiger partial charge >= 0.3 is 6.18 Å². The third-order valence-electron chi connectivity index (χ3n) is 2.19. The largest absolute Gasteiger partial charge is 0.416 e. The molecule has 0 spiro atoms. The zero-order valence-corrected chi connectivity index (χ0v) is 9.20. The number of hydrogen-bond acceptors (Lipinski definition) is 3. The highest BCUT2D eigenvalue weighted by molar-refractivity contribution is 6.30. The molecule has 7 heteroatoms. The van der Waals surface area contributed by atoms with Crippen LogP contribution in [-0.4, -0.2) is 28.0 Å². The van der Waals surface area contributed by atoms with Gasteiger partial charge in [0, 0.05) is 5.02 Å². The Morgan fingerprint density at radius 3 is 2.29 bits per heavy atom. The molecule has 0 amide bonds. The lowest BCUT2D eigenvalue weighted by Crippen LogP contribution is -2.24. The molecular weight excluding hydrogens is 261 g/mol. The van der Waals surface area contributed by atoms with E-state index in [0.717, 1.165) is 6.07 Å². The Morgan fingerprint density at radius 1 is 1.24 bits per heavy atom. The van der Waals surface area contributed by atoms with Crippen molar-refractivity contribution in [2.75, 3.05) is 6.61 Å². The number of benzene rings is 1. The standard InChI is InChI=1S/C10H10ClF3O3/c11-5-1-2-6(9(17)8(16)4-15)7(3-5)10(12,13)14/h1-3,8-9,15-17H,4H2. The second-order valence-electron chi connectivity index (χ2n) is 3.42. The van der Waals surface area contributed by atoms with E-state index in [1.54, 1.807) is 0 Å². The molecule has 0 aliphatic carbocycles. The van der Waals surface area contributed by atoms with Crippen molar-refractivity contribution in [1.29, 1.82) is 0 Å². The third kappa shape index (κ3) is 3.32. The van der Waals surface area contributed by atoms with Crippen LogP contribution in [0.1, 0.15) is 17.2 Å². The molecule has 0 saturated heterocycles. The maximum atomic E-state index is 12.6. The molecule has 3 nitrogen and oxygen atoms in total. The maximum Gasteiger partial charge on any atom is 0.416 e. The van der Waals surface area contributed by atoms with Crippen LogP contribution in [0.15, 0.2) is 18.2 Å². The molecule has 1 rings (SSSR count). The van der Waals surface area contributed by atoms with Crippen molar-refractivity contribution in [2.24, 2.45) is 0 Å². The Morgan fingerprint density at radius 2 is 1.82 bits per heavy atom. The molecule has 96 valence electrons. The molecule has 0 saturated carbocycles. The quantitative estimate of drug-likeness (QED) is 0.784. The van der Waals surface area contributed by atoms with Crippen molar-refractivity contribution in [3.05, 3.63) is 34.3 Å². The van der Waals surface area contributed by atoms with Gasteiger partial charge in [-0.2, -0.15) is 13.2 Å². The number of aliphatic hydroxyl groups excluding tert-OH is 3. The normalized spacial score (nSPS) is 15.7. The van der Waals surface area contributed by atoms with Crippen LogP contribution in [0.25, 0.3) is 0 Å². The highest BCUT2D eigenvalue weighted by atomic mass is 35.5. The van der Waals surface area contributed by atoms with Gasteiger partial charge < -0.3 is 15.3 Å². The Kier molecular flexibility index (Phi) is 4.37. The fourth-order valence-corrected chi connectivity index (χ4v) is 1.51. The van der Waals surface area contributed by atoms with Crippen molar-refractivity contribution in [3.8, 4) is 0 Å².